The largest absolute Gasteiger partial charge is 0.533 e. The van der Waals surface area contributed by atoms with Crippen molar-refractivity contribution in [3.63, 3.8) is 0 Å². The molecule has 1 saturated heterocycles. The SMILES string of the molecule is CCC[C@@H]1[C@H](CCC)[C@@H]1COC(=O)ON1C(=O)CCC1=O. The summed E-state index contributed by atoms with van der Waals surface area (Å²) in [6.07, 6.45) is 3.77. The Labute approximate surface area is 124 Å². The van der Waals surface area contributed by atoms with Crippen molar-refractivity contribution in [2.45, 2.75) is 52.4 Å². The van der Waals surface area contributed by atoms with E-state index in [1.807, 2.05) is 0 Å². The van der Waals surface area contributed by atoms with Crippen molar-refractivity contribution in [1.29, 1.82) is 0 Å². The molecule has 2 amide bonds. The van der Waals surface area contributed by atoms with Gasteiger partial charge < -0.3 is 4.74 Å². The van der Waals surface area contributed by atoms with Gasteiger partial charge in [-0.3, -0.25) is 14.4 Å². The summed E-state index contributed by atoms with van der Waals surface area (Å²) >= 11 is 0. The van der Waals surface area contributed by atoms with Crippen LogP contribution in [0.2, 0.25) is 0 Å². The van der Waals surface area contributed by atoms with Gasteiger partial charge in [0.15, 0.2) is 0 Å². The Kier molecular flexibility index (Phi) is 5.20. The van der Waals surface area contributed by atoms with Gasteiger partial charge in [0.25, 0.3) is 11.8 Å². The average Bonchev–Trinajstić information content (AvgIpc) is 3.01. The van der Waals surface area contributed by atoms with Gasteiger partial charge in [-0.1, -0.05) is 44.6 Å². The average molecular weight is 297 g/mol. The number of carbonyl (C=O) groups excluding carboxylic acids is 3. The molecule has 0 radical (unpaired) electrons. The molecule has 1 saturated carbocycles. The van der Waals surface area contributed by atoms with E-state index >= 15 is 0 Å². The molecule has 0 spiro atoms. The Balaban J connectivity index is 1.74. The van der Waals surface area contributed by atoms with Crippen molar-refractivity contribution in [2.75, 3.05) is 6.61 Å². The molecule has 118 valence electrons. The number of hydrogen-bond donors (Lipinski definition) is 0. The summed E-state index contributed by atoms with van der Waals surface area (Å²) in [5.74, 6) is 0.658. The van der Waals surface area contributed by atoms with Crippen LogP contribution in [-0.4, -0.2) is 29.6 Å². The Bertz CT molecular complexity index is 394. The van der Waals surface area contributed by atoms with E-state index in [2.05, 4.69) is 18.7 Å². The maximum absolute atomic E-state index is 11.6. The lowest BCUT2D eigenvalue weighted by molar-refractivity contribution is -0.177. The topological polar surface area (TPSA) is 72.9 Å². The smallest absolute Gasteiger partial charge is 0.432 e. The minimum absolute atomic E-state index is 0.0892. The van der Waals surface area contributed by atoms with Crippen molar-refractivity contribution < 1.29 is 24.0 Å². The van der Waals surface area contributed by atoms with Crippen LogP contribution >= 0.6 is 0 Å². The zero-order valence-corrected chi connectivity index (χ0v) is 12.7. The van der Waals surface area contributed by atoms with Gasteiger partial charge in [-0.2, -0.15) is 0 Å². The number of hydroxylamine groups is 2. The first-order valence-electron chi connectivity index (χ1n) is 7.79. The van der Waals surface area contributed by atoms with Crippen LogP contribution in [0.3, 0.4) is 0 Å². The van der Waals surface area contributed by atoms with Crippen LogP contribution in [0.5, 0.6) is 0 Å². The Morgan fingerprint density at radius 3 is 2.05 bits per heavy atom. The number of imide groups is 1. The quantitative estimate of drug-likeness (QED) is 0.533. The highest BCUT2D eigenvalue weighted by atomic mass is 16.8. The second-order valence-corrected chi connectivity index (χ2v) is 5.80. The van der Waals surface area contributed by atoms with Gasteiger partial charge in [0.05, 0.1) is 6.61 Å². The van der Waals surface area contributed by atoms with E-state index in [4.69, 9.17) is 4.74 Å². The summed E-state index contributed by atoms with van der Waals surface area (Å²) < 4.78 is 5.07. The van der Waals surface area contributed by atoms with Gasteiger partial charge in [-0.05, 0) is 17.8 Å². The highest BCUT2D eigenvalue weighted by Crippen LogP contribution is 2.52. The monoisotopic (exact) mass is 297 g/mol. The van der Waals surface area contributed by atoms with E-state index < -0.39 is 18.0 Å². The van der Waals surface area contributed by atoms with Crippen LogP contribution in [0, 0.1) is 17.8 Å². The molecule has 1 aliphatic heterocycles. The second kappa shape index (κ2) is 6.91. The molecular formula is C15H23NO5. The standard InChI is InChI=1S/C15H23NO5/c1-3-5-10-11(6-4-2)12(10)9-20-15(19)21-16-13(17)7-8-14(16)18/h10-12H,3-9H2,1-2H3/t10-,11+,12-. The Hall–Kier alpha value is -1.59. The van der Waals surface area contributed by atoms with Crippen molar-refractivity contribution in [3.05, 3.63) is 0 Å². The third-order valence-corrected chi connectivity index (χ3v) is 4.32. The molecule has 0 aromatic carbocycles. The molecule has 6 heteroatoms. The number of amides is 2. The van der Waals surface area contributed by atoms with Gasteiger partial charge in [0.1, 0.15) is 0 Å². The summed E-state index contributed by atoms with van der Waals surface area (Å²) in [7, 11) is 0. The Morgan fingerprint density at radius 1 is 1.05 bits per heavy atom. The molecule has 0 aromatic rings. The first-order chi connectivity index (χ1) is 10.1. The summed E-state index contributed by atoms with van der Waals surface area (Å²) in [5.41, 5.74) is 0. The van der Waals surface area contributed by atoms with Crippen molar-refractivity contribution in [1.82, 2.24) is 5.06 Å². The lowest BCUT2D eigenvalue weighted by atomic mass is 10.1. The third kappa shape index (κ3) is 3.74. The van der Waals surface area contributed by atoms with Crippen molar-refractivity contribution >= 4 is 18.0 Å². The third-order valence-electron chi connectivity index (χ3n) is 4.32. The second-order valence-electron chi connectivity index (χ2n) is 5.80. The number of rotatable bonds is 7. The van der Waals surface area contributed by atoms with Crippen LogP contribution in [0.4, 0.5) is 4.79 Å². The first kappa shape index (κ1) is 15.8. The van der Waals surface area contributed by atoms with Gasteiger partial charge in [-0.25, -0.2) is 4.79 Å². The van der Waals surface area contributed by atoms with E-state index in [0.717, 1.165) is 25.7 Å². The fourth-order valence-electron chi connectivity index (χ4n) is 3.22. The number of nitrogens with zero attached hydrogens (tertiary/aromatic N) is 1. The maximum Gasteiger partial charge on any atom is 0.533 e. The molecule has 1 aliphatic carbocycles. The van der Waals surface area contributed by atoms with E-state index in [1.54, 1.807) is 0 Å². The lowest BCUT2D eigenvalue weighted by Crippen LogP contribution is -2.32. The van der Waals surface area contributed by atoms with Crippen LogP contribution in [0.25, 0.3) is 0 Å². The summed E-state index contributed by atoms with van der Waals surface area (Å²) in [4.78, 5) is 38.9. The van der Waals surface area contributed by atoms with Gasteiger partial charge in [0.2, 0.25) is 0 Å². The highest BCUT2D eigenvalue weighted by molar-refractivity contribution is 6.01. The number of hydrogen-bond acceptors (Lipinski definition) is 5. The molecule has 2 rings (SSSR count). The van der Waals surface area contributed by atoms with Crippen LogP contribution in [-0.2, 0) is 19.2 Å². The van der Waals surface area contributed by atoms with E-state index in [1.165, 1.54) is 0 Å². The zero-order chi connectivity index (χ0) is 15.4. The van der Waals surface area contributed by atoms with Crippen LogP contribution in [0.1, 0.15) is 52.4 Å². The highest BCUT2D eigenvalue weighted by Gasteiger charge is 2.48. The first-order valence-corrected chi connectivity index (χ1v) is 7.79. The molecule has 0 unspecified atom stereocenters. The molecule has 21 heavy (non-hydrogen) atoms. The van der Waals surface area contributed by atoms with Gasteiger partial charge in [0, 0.05) is 12.8 Å². The zero-order valence-electron chi connectivity index (χ0n) is 12.7. The molecule has 6 nitrogen and oxygen atoms in total. The molecule has 3 atom stereocenters. The lowest BCUT2D eigenvalue weighted by Gasteiger charge is -2.12. The number of ether oxygens (including phenoxy) is 1. The normalized spacial score (nSPS) is 27.9. The molecule has 0 aromatic heterocycles. The molecule has 1 heterocycles. The minimum Gasteiger partial charge on any atom is -0.432 e. The predicted octanol–water partition coefficient (Wildman–Crippen LogP) is 2.67. The molecule has 0 N–H and O–H groups in total. The summed E-state index contributed by atoms with van der Waals surface area (Å²) in [6.45, 7) is 4.61. The fourth-order valence-corrected chi connectivity index (χ4v) is 3.22. The van der Waals surface area contributed by atoms with Crippen molar-refractivity contribution in [3.8, 4) is 0 Å². The summed E-state index contributed by atoms with van der Waals surface area (Å²) in [5, 5.41) is 0.516. The van der Waals surface area contributed by atoms with Gasteiger partial charge >= 0.3 is 6.16 Å². The van der Waals surface area contributed by atoms with E-state index in [0.29, 0.717) is 29.4 Å². The fraction of sp³-hybridized carbons (Fsp3) is 0.800. The Morgan fingerprint density at radius 2 is 1.57 bits per heavy atom. The van der Waals surface area contributed by atoms with E-state index in [-0.39, 0.29) is 12.8 Å². The minimum atomic E-state index is -0.962. The van der Waals surface area contributed by atoms with Crippen LogP contribution < -0.4 is 0 Å². The van der Waals surface area contributed by atoms with Crippen molar-refractivity contribution in [2.24, 2.45) is 17.8 Å². The summed E-state index contributed by atoms with van der Waals surface area (Å²) in [6, 6.07) is 0. The predicted molar refractivity (Wildman–Crippen MR) is 73.8 cm³/mol. The van der Waals surface area contributed by atoms with E-state index in [9.17, 15) is 14.4 Å². The molecule has 2 aliphatic rings. The molecular weight excluding hydrogens is 274 g/mol. The maximum atomic E-state index is 11.6. The number of carbonyl (C=O) groups is 3. The molecule has 0 bridgehead atoms. The van der Waals surface area contributed by atoms with Gasteiger partial charge in [-0.15, -0.1) is 0 Å². The molecule has 2 fully saturated rings. The van der Waals surface area contributed by atoms with Crippen LogP contribution in [0.15, 0.2) is 0 Å².